The van der Waals surface area contributed by atoms with Crippen LogP contribution in [-0.2, 0) is 38.2 Å². The van der Waals surface area contributed by atoms with E-state index >= 15 is 0 Å². The summed E-state index contributed by atoms with van der Waals surface area (Å²) >= 11 is 0. The number of nitriles is 1. The summed E-state index contributed by atoms with van der Waals surface area (Å²) in [5, 5.41) is 13.0. The summed E-state index contributed by atoms with van der Waals surface area (Å²) in [4.78, 5) is 82.3. The van der Waals surface area contributed by atoms with E-state index in [4.69, 9.17) is 9.47 Å². The summed E-state index contributed by atoms with van der Waals surface area (Å²) in [7, 11) is 4.38. The van der Waals surface area contributed by atoms with Gasteiger partial charge in [0, 0.05) is 59.0 Å². The summed E-state index contributed by atoms with van der Waals surface area (Å²) in [5.74, 6) is -3.51. The number of allylic oxidation sites excluding steroid dienone is 4. The highest BCUT2D eigenvalue weighted by atomic mass is 16.5. The van der Waals surface area contributed by atoms with Crippen LogP contribution in [0.25, 0.3) is 0 Å². The van der Waals surface area contributed by atoms with Gasteiger partial charge in [0.25, 0.3) is 5.91 Å². The molecule has 0 saturated carbocycles. The maximum atomic E-state index is 13.8. The molecule has 0 aromatic heterocycles. The standard InChI is InChI=1S/C29H30N4O8/c1-11-23(35)14-8-17-22-21-15(24(36)12(2)28(41-6)26(21)38)7-16(32(22)4)18(9-30)33(17)19(10-31-29(39)13(3)34)20(14)25(37)27(11)40-5/h16-19,22H,7-8,10H2,1-6H3,(H,31,39)/t16?,17-,18-,19-,22-/m0/s1. The molecule has 0 aromatic carbocycles. The normalized spacial score (nSPS) is 30.1. The number of hydrogen-bond donors (Lipinski definition) is 1. The second-order valence-corrected chi connectivity index (χ2v) is 10.9. The first-order valence-electron chi connectivity index (χ1n) is 13.2. The molecule has 2 aliphatic carbocycles. The number of nitrogens with one attached hydrogen (secondary N) is 1. The van der Waals surface area contributed by atoms with Crippen LogP contribution < -0.4 is 5.32 Å². The van der Waals surface area contributed by atoms with Crippen molar-refractivity contribution in [3.63, 3.8) is 0 Å². The predicted molar refractivity (Wildman–Crippen MR) is 141 cm³/mol. The van der Waals surface area contributed by atoms with Gasteiger partial charge in [-0.15, -0.1) is 0 Å². The van der Waals surface area contributed by atoms with Crippen LogP contribution in [0.3, 0.4) is 0 Å². The number of ether oxygens (including phenoxy) is 2. The van der Waals surface area contributed by atoms with Crippen LogP contribution in [0.5, 0.6) is 0 Å². The van der Waals surface area contributed by atoms with Crippen molar-refractivity contribution in [2.45, 2.75) is 63.8 Å². The lowest BCUT2D eigenvalue weighted by atomic mass is 9.67. The van der Waals surface area contributed by atoms with Gasteiger partial charge in [0.2, 0.25) is 17.3 Å². The van der Waals surface area contributed by atoms with Gasteiger partial charge in [-0.1, -0.05) is 0 Å². The Morgan fingerprint density at radius 2 is 1.41 bits per heavy atom. The summed E-state index contributed by atoms with van der Waals surface area (Å²) in [6, 6.07) is -1.52. The zero-order valence-corrected chi connectivity index (χ0v) is 23.6. The third-order valence-electron chi connectivity index (χ3n) is 8.99. The van der Waals surface area contributed by atoms with E-state index in [1.54, 1.807) is 11.9 Å². The molecule has 1 saturated heterocycles. The van der Waals surface area contributed by atoms with E-state index in [0.29, 0.717) is 5.57 Å². The molecule has 1 amide bonds. The van der Waals surface area contributed by atoms with Gasteiger partial charge in [0.05, 0.1) is 32.4 Å². The molecule has 0 aromatic rings. The van der Waals surface area contributed by atoms with Crippen molar-refractivity contribution in [2.75, 3.05) is 27.8 Å². The third-order valence-corrected chi connectivity index (χ3v) is 8.99. The average molecular weight is 563 g/mol. The molecule has 5 rings (SSSR count). The summed E-state index contributed by atoms with van der Waals surface area (Å²) in [5.41, 5.74) is 1.19. The summed E-state index contributed by atoms with van der Waals surface area (Å²) in [6.07, 6.45) is 0.116. The van der Waals surface area contributed by atoms with E-state index in [9.17, 15) is 34.0 Å². The van der Waals surface area contributed by atoms with Gasteiger partial charge in [-0.3, -0.25) is 38.6 Å². The smallest absolute Gasteiger partial charge is 0.287 e. The van der Waals surface area contributed by atoms with Crippen LogP contribution in [0.2, 0.25) is 0 Å². The van der Waals surface area contributed by atoms with Crippen LogP contribution in [0.15, 0.2) is 45.0 Å². The highest BCUT2D eigenvalue weighted by Crippen LogP contribution is 2.48. The third kappa shape index (κ3) is 3.87. The molecule has 41 heavy (non-hydrogen) atoms. The van der Waals surface area contributed by atoms with E-state index < -0.39 is 59.2 Å². The topological polar surface area (TPSA) is 163 Å². The van der Waals surface area contributed by atoms with Crippen molar-refractivity contribution in [3.05, 3.63) is 45.0 Å². The van der Waals surface area contributed by atoms with E-state index in [0.717, 1.165) is 6.92 Å². The Balaban J connectivity index is 1.71. The van der Waals surface area contributed by atoms with Gasteiger partial charge < -0.3 is 14.8 Å². The van der Waals surface area contributed by atoms with Crippen LogP contribution >= 0.6 is 0 Å². The highest BCUT2D eigenvalue weighted by molar-refractivity contribution is 6.35. The fourth-order valence-corrected chi connectivity index (χ4v) is 7.13. The van der Waals surface area contributed by atoms with Crippen molar-refractivity contribution in [3.8, 4) is 6.07 Å². The molecule has 3 heterocycles. The first kappa shape index (κ1) is 28.3. The van der Waals surface area contributed by atoms with E-state index in [1.165, 1.54) is 28.1 Å². The molecule has 0 radical (unpaired) electrons. The second-order valence-electron chi connectivity index (χ2n) is 10.9. The minimum atomic E-state index is -0.985. The molecule has 12 heteroatoms. The maximum absolute atomic E-state index is 13.8. The molecule has 1 N–H and O–H groups in total. The number of amides is 1. The molecular weight excluding hydrogens is 532 g/mol. The van der Waals surface area contributed by atoms with E-state index in [2.05, 4.69) is 11.4 Å². The lowest BCUT2D eigenvalue weighted by Gasteiger charge is -2.60. The minimum absolute atomic E-state index is 0.00850. The molecule has 214 valence electrons. The first-order chi connectivity index (χ1) is 19.4. The number of ketones is 5. The lowest BCUT2D eigenvalue weighted by molar-refractivity contribution is -0.137. The van der Waals surface area contributed by atoms with Crippen LogP contribution in [0.4, 0.5) is 0 Å². The largest absolute Gasteiger partial charge is 0.492 e. The summed E-state index contributed by atoms with van der Waals surface area (Å²) in [6.45, 7) is 3.89. The number of hydrogen-bond acceptors (Lipinski definition) is 11. The quantitative estimate of drug-likeness (QED) is 0.350. The fourth-order valence-electron chi connectivity index (χ4n) is 7.13. The lowest BCUT2D eigenvalue weighted by Crippen LogP contribution is -2.74. The van der Waals surface area contributed by atoms with Crippen LogP contribution in [0.1, 0.15) is 33.6 Å². The fraction of sp³-hybridized carbons (Fsp3) is 0.483. The predicted octanol–water partition coefficient (Wildman–Crippen LogP) is -0.149. The van der Waals surface area contributed by atoms with Crippen LogP contribution in [0, 0.1) is 11.3 Å². The monoisotopic (exact) mass is 562 g/mol. The molecule has 12 nitrogen and oxygen atoms in total. The Morgan fingerprint density at radius 1 is 0.902 bits per heavy atom. The number of rotatable bonds is 5. The summed E-state index contributed by atoms with van der Waals surface area (Å²) < 4.78 is 10.6. The number of nitrogens with zero attached hydrogens (tertiary/aromatic N) is 3. The zero-order valence-electron chi connectivity index (χ0n) is 23.6. The first-order valence-corrected chi connectivity index (χ1v) is 13.2. The van der Waals surface area contributed by atoms with Gasteiger partial charge in [-0.05, 0) is 33.7 Å². The van der Waals surface area contributed by atoms with Gasteiger partial charge in [-0.25, -0.2) is 0 Å². The van der Waals surface area contributed by atoms with E-state index in [1.807, 2.05) is 4.90 Å². The Bertz CT molecular complexity index is 1520. The van der Waals surface area contributed by atoms with Gasteiger partial charge in [-0.2, -0.15) is 5.26 Å². The molecular formula is C29H30N4O8. The Labute approximate surface area is 236 Å². The number of piperazine rings is 1. The molecule has 1 fully saturated rings. The zero-order chi connectivity index (χ0) is 30.1. The van der Waals surface area contributed by atoms with Crippen LogP contribution in [-0.4, -0.2) is 103 Å². The number of methoxy groups -OCH3 is 2. The van der Waals surface area contributed by atoms with Gasteiger partial charge in [0.1, 0.15) is 6.04 Å². The van der Waals surface area contributed by atoms with Crippen molar-refractivity contribution < 1.29 is 38.2 Å². The molecule has 5 atom stereocenters. The molecule has 5 aliphatic rings. The molecule has 1 unspecified atom stereocenters. The molecule has 0 spiro atoms. The van der Waals surface area contributed by atoms with E-state index in [-0.39, 0.29) is 64.6 Å². The number of carbonyl (C=O) groups is 6. The SMILES string of the molecule is COC1=C(C)C(=O)C2=C(C1=O)[C@@H]1[C@@H]3CC4=C(C(=O)C(OC)=C(C)C4=O)[C@H](CNC(=O)C(C)=O)N3[C@@H](C#N)C(C2)N1C. The van der Waals surface area contributed by atoms with Gasteiger partial charge >= 0.3 is 0 Å². The minimum Gasteiger partial charge on any atom is -0.492 e. The Hall–Kier alpha value is -4.21. The number of Topliss-reactive ketones (excluding diaryl/α,β-unsaturated/α-hetero) is 5. The van der Waals surface area contributed by atoms with Crippen molar-refractivity contribution >= 4 is 34.8 Å². The van der Waals surface area contributed by atoms with Crippen molar-refractivity contribution in [1.82, 2.24) is 15.1 Å². The van der Waals surface area contributed by atoms with Gasteiger partial charge in [0.15, 0.2) is 23.1 Å². The van der Waals surface area contributed by atoms with Crippen molar-refractivity contribution in [2.24, 2.45) is 0 Å². The average Bonchev–Trinajstić information content (AvgIpc) is 2.93. The number of fused-ring (bicyclic) bond motifs is 5. The molecule has 3 aliphatic heterocycles. The number of likely N-dealkylation sites (N-methyl/N-ethyl adjacent to an activating group) is 1. The second kappa shape index (κ2) is 10.0. The molecule has 2 bridgehead atoms. The maximum Gasteiger partial charge on any atom is 0.287 e. The van der Waals surface area contributed by atoms with Crippen molar-refractivity contribution in [1.29, 1.82) is 5.26 Å². The number of carbonyl (C=O) groups excluding carboxylic acids is 6. The Kier molecular flexibility index (Phi) is 6.91. The highest BCUT2D eigenvalue weighted by Gasteiger charge is 2.59. The Morgan fingerprint density at radius 3 is 1.93 bits per heavy atom.